The number of hydrogen-bond acceptors (Lipinski definition) is 6. The molecule has 4 heterocycles. The number of carbonyl (C=O) groups is 1. The summed E-state index contributed by atoms with van der Waals surface area (Å²) in [7, 11) is 0. The van der Waals surface area contributed by atoms with Crippen LogP contribution in [-0.2, 0) is 28.2 Å². The summed E-state index contributed by atoms with van der Waals surface area (Å²) in [5.41, 5.74) is 8.42. The van der Waals surface area contributed by atoms with Crippen molar-refractivity contribution >= 4 is 23.3 Å². The molecule has 0 saturated carbocycles. The first-order chi connectivity index (χ1) is 13.6. The number of thioether (sulfide) groups is 1. The Kier molecular flexibility index (Phi) is 5.63. The summed E-state index contributed by atoms with van der Waals surface area (Å²) in [6.45, 7) is 3.56. The molecule has 28 heavy (non-hydrogen) atoms. The molecule has 9 heteroatoms. The lowest BCUT2D eigenvalue weighted by molar-refractivity contribution is -0.118. The third-order valence-corrected chi connectivity index (χ3v) is 5.80. The summed E-state index contributed by atoms with van der Waals surface area (Å²) in [6.07, 6.45) is 7.14. The normalized spacial score (nSPS) is 16.8. The summed E-state index contributed by atoms with van der Waals surface area (Å²) < 4.78 is 9.90. The smallest absolute Gasteiger partial charge is 0.217 e. The molecule has 1 aliphatic rings. The van der Waals surface area contributed by atoms with Crippen LogP contribution in [0.15, 0.2) is 29.7 Å². The van der Waals surface area contributed by atoms with Gasteiger partial charge in [0.1, 0.15) is 11.5 Å². The maximum absolute atomic E-state index is 11.2. The molecule has 3 aromatic heterocycles. The molecule has 4 rings (SSSR count). The standard InChI is InChI=1S/C19H24N6O2S/c1-13-4-6-17-21-14(10-24(17)9-13)12-28-19-23-22-18(7-5-16(20)26)25(19)11-15-3-2-8-27-15/h4,6,9-10,15H,2-3,5,7-8,11-12H2,1H3,(H2,20,26). The quantitative estimate of drug-likeness (QED) is 0.582. The third-order valence-electron chi connectivity index (χ3n) is 4.80. The highest BCUT2D eigenvalue weighted by Gasteiger charge is 2.21. The van der Waals surface area contributed by atoms with Crippen LogP contribution in [0.2, 0.25) is 0 Å². The number of fused-ring (bicyclic) bond motifs is 1. The van der Waals surface area contributed by atoms with Gasteiger partial charge in [0.05, 0.1) is 18.3 Å². The van der Waals surface area contributed by atoms with Gasteiger partial charge in [0.2, 0.25) is 5.91 Å². The molecule has 0 aliphatic carbocycles. The van der Waals surface area contributed by atoms with E-state index in [1.807, 2.05) is 16.7 Å². The summed E-state index contributed by atoms with van der Waals surface area (Å²) >= 11 is 1.60. The average molecular weight is 401 g/mol. The van der Waals surface area contributed by atoms with E-state index in [4.69, 9.17) is 10.5 Å². The van der Waals surface area contributed by atoms with Gasteiger partial charge < -0.3 is 19.4 Å². The Morgan fingerprint density at radius 3 is 3.04 bits per heavy atom. The molecule has 1 aliphatic heterocycles. The zero-order valence-electron chi connectivity index (χ0n) is 15.9. The van der Waals surface area contributed by atoms with Gasteiger partial charge in [-0.1, -0.05) is 17.8 Å². The van der Waals surface area contributed by atoms with Crippen molar-refractivity contribution in [2.45, 2.75) is 56.2 Å². The zero-order chi connectivity index (χ0) is 19.5. The Balaban J connectivity index is 1.50. The van der Waals surface area contributed by atoms with Crippen LogP contribution in [-0.4, -0.2) is 42.8 Å². The van der Waals surface area contributed by atoms with Crippen LogP contribution >= 0.6 is 11.8 Å². The van der Waals surface area contributed by atoms with Crippen LogP contribution < -0.4 is 5.73 Å². The fraction of sp³-hybridized carbons (Fsp3) is 0.474. The van der Waals surface area contributed by atoms with Crippen LogP contribution in [0.1, 0.15) is 36.3 Å². The average Bonchev–Trinajstić information content (AvgIpc) is 3.38. The second-order valence-electron chi connectivity index (χ2n) is 7.10. The number of pyridine rings is 1. The van der Waals surface area contributed by atoms with Crippen molar-refractivity contribution in [2.75, 3.05) is 6.61 Å². The highest BCUT2D eigenvalue weighted by atomic mass is 32.2. The SMILES string of the molecule is Cc1ccc2nc(CSc3nnc(CCC(N)=O)n3CC3CCCO3)cn2c1. The fourth-order valence-corrected chi connectivity index (χ4v) is 4.24. The van der Waals surface area contributed by atoms with Crippen LogP contribution in [0.5, 0.6) is 0 Å². The van der Waals surface area contributed by atoms with E-state index in [9.17, 15) is 4.79 Å². The van der Waals surface area contributed by atoms with E-state index in [-0.39, 0.29) is 18.4 Å². The van der Waals surface area contributed by atoms with Crippen LogP contribution in [0.4, 0.5) is 0 Å². The van der Waals surface area contributed by atoms with E-state index in [1.54, 1.807) is 11.8 Å². The molecule has 1 fully saturated rings. The number of aromatic nitrogens is 5. The number of hydrogen-bond donors (Lipinski definition) is 1. The first kappa shape index (κ1) is 18.9. The molecule has 0 spiro atoms. The Hall–Kier alpha value is -2.39. The minimum absolute atomic E-state index is 0.167. The van der Waals surface area contributed by atoms with Crippen molar-refractivity contribution in [3.8, 4) is 0 Å². The summed E-state index contributed by atoms with van der Waals surface area (Å²) in [4.78, 5) is 15.8. The fourth-order valence-electron chi connectivity index (χ4n) is 3.38. The molecule has 0 bridgehead atoms. The van der Waals surface area contributed by atoms with Crippen molar-refractivity contribution in [3.63, 3.8) is 0 Å². The second kappa shape index (κ2) is 8.32. The molecule has 3 aromatic rings. The number of ether oxygens (including phenoxy) is 1. The number of imidazole rings is 1. The van der Waals surface area contributed by atoms with Gasteiger partial charge in [-0.25, -0.2) is 4.98 Å². The van der Waals surface area contributed by atoms with E-state index >= 15 is 0 Å². The minimum Gasteiger partial charge on any atom is -0.376 e. The van der Waals surface area contributed by atoms with Gasteiger partial charge in [-0.15, -0.1) is 10.2 Å². The van der Waals surface area contributed by atoms with Gasteiger partial charge in [0.15, 0.2) is 5.16 Å². The maximum atomic E-state index is 11.2. The van der Waals surface area contributed by atoms with Gasteiger partial charge in [-0.3, -0.25) is 4.79 Å². The number of primary amides is 1. The number of amides is 1. The largest absolute Gasteiger partial charge is 0.376 e. The number of rotatable bonds is 8. The first-order valence-electron chi connectivity index (χ1n) is 9.47. The Bertz CT molecular complexity index is 976. The molecule has 1 saturated heterocycles. The molecule has 148 valence electrons. The van der Waals surface area contributed by atoms with Crippen molar-refractivity contribution in [3.05, 3.63) is 41.6 Å². The van der Waals surface area contributed by atoms with Gasteiger partial charge in [0, 0.05) is 37.6 Å². The number of aryl methyl sites for hydroxylation is 2. The lowest BCUT2D eigenvalue weighted by Crippen LogP contribution is -2.19. The Labute approximate surface area is 167 Å². The molecule has 0 aromatic carbocycles. The highest BCUT2D eigenvalue weighted by molar-refractivity contribution is 7.98. The minimum atomic E-state index is -0.333. The number of nitrogens with two attached hydrogens (primary N) is 1. The lowest BCUT2D eigenvalue weighted by Gasteiger charge is -2.14. The van der Waals surface area contributed by atoms with E-state index in [1.165, 1.54) is 5.56 Å². The molecule has 8 nitrogen and oxygen atoms in total. The molecule has 0 radical (unpaired) electrons. The molecule has 1 atom stereocenters. The van der Waals surface area contributed by atoms with Gasteiger partial charge in [-0.05, 0) is 31.4 Å². The first-order valence-corrected chi connectivity index (χ1v) is 10.5. The lowest BCUT2D eigenvalue weighted by atomic mass is 10.2. The van der Waals surface area contributed by atoms with Crippen molar-refractivity contribution < 1.29 is 9.53 Å². The van der Waals surface area contributed by atoms with Crippen molar-refractivity contribution in [2.24, 2.45) is 5.73 Å². The predicted octanol–water partition coefficient (Wildman–Crippen LogP) is 2.12. The highest BCUT2D eigenvalue weighted by Crippen LogP contribution is 2.25. The monoisotopic (exact) mass is 400 g/mol. The van der Waals surface area contributed by atoms with E-state index in [2.05, 4.69) is 38.9 Å². The number of carbonyl (C=O) groups excluding carboxylic acids is 1. The number of nitrogens with zero attached hydrogens (tertiary/aromatic N) is 5. The molecular weight excluding hydrogens is 376 g/mol. The van der Waals surface area contributed by atoms with Crippen molar-refractivity contribution in [1.82, 2.24) is 24.1 Å². The van der Waals surface area contributed by atoms with E-state index < -0.39 is 0 Å². The topological polar surface area (TPSA) is 100 Å². The summed E-state index contributed by atoms with van der Waals surface area (Å²) in [6, 6.07) is 4.08. The molecule has 1 unspecified atom stereocenters. The molecular formula is C19H24N6O2S. The zero-order valence-corrected chi connectivity index (χ0v) is 16.7. The Morgan fingerprint density at radius 2 is 2.25 bits per heavy atom. The third kappa shape index (κ3) is 4.36. The Morgan fingerprint density at radius 1 is 1.36 bits per heavy atom. The van der Waals surface area contributed by atoms with Gasteiger partial charge >= 0.3 is 0 Å². The second-order valence-corrected chi connectivity index (χ2v) is 8.05. The molecule has 2 N–H and O–H groups in total. The summed E-state index contributed by atoms with van der Waals surface area (Å²) in [5.74, 6) is 1.14. The summed E-state index contributed by atoms with van der Waals surface area (Å²) in [5, 5.41) is 9.48. The van der Waals surface area contributed by atoms with Crippen LogP contribution in [0, 0.1) is 6.92 Å². The van der Waals surface area contributed by atoms with Gasteiger partial charge in [-0.2, -0.15) is 0 Å². The maximum Gasteiger partial charge on any atom is 0.217 e. The van der Waals surface area contributed by atoms with E-state index in [0.717, 1.165) is 41.8 Å². The van der Waals surface area contributed by atoms with Crippen LogP contribution in [0.25, 0.3) is 5.65 Å². The molecule has 1 amide bonds. The van der Waals surface area contributed by atoms with Crippen molar-refractivity contribution in [1.29, 1.82) is 0 Å². The van der Waals surface area contributed by atoms with E-state index in [0.29, 0.717) is 18.7 Å². The predicted molar refractivity (Wildman–Crippen MR) is 106 cm³/mol. The van der Waals surface area contributed by atoms with Crippen LogP contribution in [0.3, 0.4) is 0 Å². The van der Waals surface area contributed by atoms with Gasteiger partial charge in [0.25, 0.3) is 0 Å².